The number of aryl methyl sites for hydroxylation is 1. The van der Waals surface area contributed by atoms with Gasteiger partial charge in [-0.15, -0.1) is 5.10 Å². The minimum absolute atomic E-state index is 0.0483. The first kappa shape index (κ1) is 17.8. The SMILES string of the molecule is CC(=O)c1cccc(NC(=O)CSc2nnnn2-c2cccc(C)c2)c1. The molecule has 0 atom stereocenters. The van der Waals surface area contributed by atoms with E-state index in [2.05, 4.69) is 20.8 Å². The van der Waals surface area contributed by atoms with Crippen LogP contribution < -0.4 is 5.32 Å². The van der Waals surface area contributed by atoms with Crippen molar-refractivity contribution in [1.29, 1.82) is 0 Å². The second-order valence-corrected chi connectivity index (χ2v) is 6.63. The van der Waals surface area contributed by atoms with Crippen LogP contribution in [0.15, 0.2) is 53.7 Å². The Kier molecular flexibility index (Phi) is 5.43. The number of nitrogens with one attached hydrogen (secondary N) is 1. The number of benzene rings is 2. The van der Waals surface area contributed by atoms with Gasteiger partial charge in [-0.1, -0.05) is 36.0 Å². The summed E-state index contributed by atoms with van der Waals surface area (Å²) < 4.78 is 1.60. The van der Waals surface area contributed by atoms with Crippen molar-refractivity contribution in [2.75, 3.05) is 11.1 Å². The van der Waals surface area contributed by atoms with E-state index in [0.717, 1.165) is 11.3 Å². The fourth-order valence-corrected chi connectivity index (χ4v) is 3.02. The number of ketones is 1. The zero-order chi connectivity index (χ0) is 18.5. The fraction of sp³-hybridized carbons (Fsp3) is 0.167. The second-order valence-electron chi connectivity index (χ2n) is 5.69. The Balaban J connectivity index is 1.65. The van der Waals surface area contributed by atoms with E-state index in [1.54, 1.807) is 28.9 Å². The highest BCUT2D eigenvalue weighted by atomic mass is 32.2. The molecule has 0 radical (unpaired) electrons. The van der Waals surface area contributed by atoms with Gasteiger partial charge in [-0.2, -0.15) is 4.68 Å². The lowest BCUT2D eigenvalue weighted by Crippen LogP contribution is -2.15. The molecule has 0 aliphatic rings. The van der Waals surface area contributed by atoms with Crippen LogP contribution in [0.4, 0.5) is 5.69 Å². The lowest BCUT2D eigenvalue weighted by atomic mass is 10.1. The number of carbonyl (C=O) groups is 2. The number of anilines is 1. The number of Topliss-reactive ketones (excluding diaryl/α,β-unsaturated/α-hetero) is 1. The third-order valence-electron chi connectivity index (χ3n) is 3.57. The van der Waals surface area contributed by atoms with Gasteiger partial charge in [0.2, 0.25) is 11.1 Å². The normalized spacial score (nSPS) is 10.5. The zero-order valence-corrected chi connectivity index (χ0v) is 15.2. The molecular weight excluding hydrogens is 350 g/mol. The Morgan fingerprint density at radius 2 is 1.96 bits per heavy atom. The van der Waals surface area contributed by atoms with Crippen LogP contribution in [0, 0.1) is 6.92 Å². The van der Waals surface area contributed by atoms with Crippen molar-refractivity contribution < 1.29 is 9.59 Å². The average molecular weight is 367 g/mol. The second kappa shape index (κ2) is 7.92. The summed E-state index contributed by atoms with van der Waals surface area (Å²) in [5.41, 5.74) is 3.07. The fourth-order valence-electron chi connectivity index (χ4n) is 2.33. The van der Waals surface area contributed by atoms with Gasteiger partial charge >= 0.3 is 0 Å². The van der Waals surface area contributed by atoms with E-state index in [4.69, 9.17) is 0 Å². The van der Waals surface area contributed by atoms with E-state index >= 15 is 0 Å². The zero-order valence-electron chi connectivity index (χ0n) is 14.3. The van der Waals surface area contributed by atoms with Crippen LogP contribution >= 0.6 is 11.8 Å². The largest absolute Gasteiger partial charge is 0.325 e. The van der Waals surface area contributed by atoms with Gasteiger partial charge in [-0.25, -0.2) is 0 Å². The van der Waals surface area contributed by atoms with Crippen molar-refractivity contribution in [2.24, 2.45) is 0 Å². The highest BCUT2D eigenvalue weighted by molar-refractivity contribution is 7.99. The molecule has 26 heavy (non-hydrogen) atoms. The molecule has 1 aromatic heterocycles. The van der Waals surface area contributed by atoms with Crippen LogP contribution in [-0.4, -0.2) is 37.7 Å². The molecule has 3 aromatic rings. The molecule has 0 fully saturated rings. The van der Waals surface area contributed by atoms with Gasteiger partial charge in [0, 0.05) is 11.3 Å². The highest BCUT2D eigenvalue weighted by Crippen LogP contribution is 2.19. The van der Waals surface area contributed by atoms with Crippen LogP contribution in [0.2, 0.25) is 0 Å². The van der Waals surface area contributed by atoms with Gasteiger partial charge in [0.1, 0.15) is 0 Å². The van der Waals surface area contributed by atoms with E-state index in [-0.39, 0.29) is 17.4 Å². The van der Waals surface area contributed by atoms with E-state index in [9.17, 15) is 9.59 Å². The summed E-state index contributed by atoms with van der Waals surface area (Å²) in [6.07, 6.45) is 0. The van der Waals surface area contributed by atoms with Gasteiger partial charge in [0.15, 0.2) is 5.78 Å². The molecule has 7 nitrogen and oxygen atoms in total. The molecule has 0 saturated carbocycles. The molecule has 132 valence electrons. The van der Waals surface area contributed by atoms with Gasteiger partial charge in [-0.3, -0.25) is 9.59 Å². The predicted molar refractivity (Wildman–Crippen MR) is 99.7 cm³/mol. The Bertz CT molecular complexity index is 954. The number of hydrogen-bond donors (Lipinski definition) is 1. The summed E-state index contributed by atoms with van der Waals surface area (Å²) in [5.74, 6) is -0.0986. The van der Waals surface area contributed by atoms with E-state index < -0.39 is 0 Å². The Labute approximate surface area is 154 Å². The van der Waals surface area contributed by atoms with Crippen LogP contribution in [0.1, 0.15) is 22.8 Å². The maximum Gasteiger partial charge on any atom is 0.234 e. The summed E-state index contributed by atoms with van der Waals surface area (Å²) in [6, 6.07) is 14.6. The monoisotopic (exact) mass is 367 g/mol. The van der Waals surface area contributed by atoms with Crippen molar-refractivity contribution in [2.45, 2.75) is 19.0 Å². The number of carbonyl (C=O) groups excluding carboxylic acids is 2. The van der Waals surface area contributed by atoms with Gasteiger partial charge in [0.05, 0.1) is 11.4 Å². The first-order valence-corrected chi connectivity index (χ1v) is 8.90. The molecule has 0 spiro atoms. The van der Waals surface area contributed by atoms with Gasteiger partial charge < -0.3 is 5.32 Å². The third kappa shape index (κ3) is 4.34. The molecule has 8 heteroatoms. The quantitative estimate of drug-likeness (QED) is 0.532. The van der Waals surface area contributed by atoms with Crippen LogP contribution in [0.25, 0.3) is 5.69 Å². The Morgan fingerprint density at radius 1 is 1.15 bits per heavy atom. The average Bonchev–Trinajstić information content (AvgIpc) is 3.09. The molecule has 0 aliphatic heterocycles. The number of nitrogens with zero attached hydrogens (tertiary/aromatic N) is 4. The molecular formula is C18H17N5O2S. The summed E-state index contributed by atoms with van der Waals surface area (Å²) >= 11 is 1.24. The maximum absolute atomic E-state index is 12.2. The Hall–Kier alpha value is -3.00. The minimum atomic E-state index is -0.200. The molecule has 1 heterocycles. The number of tetrazole rings is 1. The van der Waals surface area contributed by atoms with Crippen molar-refractivity contribution in [1.82, 2.24) is 20.2 Å². The summed E-state index contributed by atoms with van der Waals surface area (Å²) in [7, 11) is 0. The van der Waals surface area contributed by atoms with Crippen molar-refractivity contribution >= 4 is 29.1 Å². The molecule has 0 unspecified atom stereocenters. The summed E-state index contributed by atoms with van der Waals surface area (Å²) in [6.45, 7) is 3.48. The van der Waals surface area contributed by atoms with Crippen LogP contribution in [0.5, 0.6) is 0 Å². The summed E-state index contributed by atoms with van der Waals surface area (Å²) in [4.78, 5) is 23.6. The molecule has 3 rings (SSSR count). The predicted octanol–water partition coefficient (Wildman–Crippen LogP) is 2.90. The van der Waals surface area contributed by atoms with Crippen molar-refractivity contribution in [3.8, 4) is 5.69 Å². The smallest absolute Gasteiger partial charge is 0.234 e. The highest BCUT2D eigenvalue weighted by Gasteiger charge is 2.12. The first-order valence-electron chi connectivity index (χ1n) is 7.92. The number of thioether (sulfide) groups is 1. The lowest BCUT2D eigenvalue weighted by Gasteiger charge is -2.07. The molecule has 2 aromatic carbocycles. The van der Waals surface area contributed by atoms with Crippen molar-refractivity contribution in [3.63, 3.8) is 0 Å². The number of rotatable bonds is 6. The van der Waals surface area contributed by atoms with Crippen molar-refractivity contribution in [3.05, 3.63) is 59.7 Å². The third-order valence-corrected chi connectivity index (χ3v) is 4.49. The van der Waals surface area contributed by atoms with E-state index in [1.807, 2.05) is 31.2 Å². The van der Waals surface area contributed by atoms with Gasteiger partial charge in [-0.05, 0) is 54.1 Å². The molecule has 1 amide bonds. The van der Waals surface area contributed by atoms with Gasteiger partial charge in [0.25, 0.3) is 0 Å². The topological polar surface area (TPSA) is 89.8 Å². The van der Waals surface area contributed by atoms with Crippen LogP contribution in [-0.2, 0) is 4.79 Å². The molecule has 0 bridgehead atoms. The maximum atomic E-state index is 12.2. The molecule has 1 N–H and O–H groups in total. The number of aromatic nitrogens is 4. The van der Waals surface area contributed by atoms with Crippen LogP contribution in [0.3, 0.4) is 0 Å². The first-order chi connectivity index (χ1) is 12.5. The molecule has 0 aliphatic carbocycles. The Morgan fingerprint density at radius 3 is 2.73 bits per heavy atom. The number of amides is 1. The minimum Gasteiger partial charge on any atom is -0.325 e. The van der Waals surface area contributed by atoms with E-state index in [1.165, 1.54) is 18.7 Å². The lowest BCUT2D eigenvalue weighted by molar-refractivity contribution is -0.113. The summed E-state index contributed by atoms with van der Waals surface area (Å²) in [5, 5.41) is 15.0. The molecule has 0 saturated heterocycles. The van der Waals surface area contributed by atoms with E-state index in [0.29, 0.717) is 16.4 Å². The number of hydrogen-bond acceptors (Lipinski definition) is 6. The standard InChI is InChI=1S/C18H17N5O2S/c1-12-5-3-8-16(9-12)23-18(20-21-22-23)26-11-17(25)19-15-7-4-6-14(10-15)13(2)24/h3-10H,11H2,1-2H3,(H,19,25).